The van der Waals surface area contributed by atoms with E-state index < -0.39 is 0 Å². The number of thiazole rings is 1. The van der Waals surface area contributed by atoms with Gasteiger partial charge in [-0.15, -0.1) is 0 Å². The van der Waals surface area contributed by atoms with Crippen LogP contribution in [0, 0.1) is 0 Å². The summed E-state index contributed by atoms with van der Waals surface area (Å²) in [5.41, 5.74) is 0.775. The van der Waals surface area contributed by atoms with Gasteiger partial charge in [0.1, 0.15) is 4.88 Å². The molecular weight excluding hydrogens is 286 g/mol. The molecule has 7 heteroatoms. The zero-order valence-corrected chi connectivity index (χ0v) is 11.1. The predicted molar refractivity (Wildman–Crippen MR) is 74.4 cm³/mol. The van der Waals surface area contributed by atoms with E-state index in [1.807, 2.05) is 12.1 Å². The number of anilines is 3. The molecule has 0 aliphatic carbocycles. The highest BCUT2D eigenvalue weighted by atomic mass is 35.5. The minimum absolute atomic E-state index is 0.119. The first kappa shape index (κ1) is 12.1. The summed E-state index contributed by atoms with van der Waals surface area (Å²) in [4.78, 5) is 27.6. The fourth-order valence-corrected chi connectivity index (χ4v) is 2.81. The maximum atomic E-state index is 11.7. The Morgan fingerprint density at radius 2 is 2.21 bits per heavy atom. The Morgan fingerprint density at radius 3 is 3.00 bits per heavy atom. The minimum Gasteiger partial charge on any atom is -0.331 e. The first-order valence-corrected chi connectivity index (χ1v) is 6.68. The van der Waals surface area contributed by atoms with Crippen LogP contribution in [-0.2, 0) is 4.79 Å². The molecule has 0 atom stereocenters. The van der Waals surface area contributed by atoms with E-state index in [9.17, 15) is 9.59 Å². The Kier molecular flexibility index (Phi) is 2.96. The van der Waals surface area contributed by atoms with Crippen molar-refractivity contribution in [1.29, 1.82) is 0 Å². The highest BCUT2D eigenvalue weighted by Gasteiger charge is 2.26. The number of ketones is 1. The van der Waals surface area contributed by atoms with Crippen molar-refractivity contribution in [3.8, 4) is 0 Å². The summed E-state index contributed by atoms with van der Waals surface area (Å²) in [7, 11) is 0. The first-order chi connectivity index (χ1) is 9.11. The number of hydrogen-bond donors (Lipinski definition) is 2. The molecule has 19 heavy (non-hydrogen) atoms. The number of hydrogen-bond acceptors (Lipinski definition) is 5. The molecule has 0 unspecified atom stereocenters. The third kappa shape index (κ3) is 2.45. The highest BCUT2D eigenvalue weighted by molar-refractivity contribution is 7.18. The van der Waals surface area contributed by atoms with E-state index in [0.717, 1.165) is 5.69 Å². The van der Waals surface area contributed by atoms with Crippen LogP contribution in [0.2, 0.25) is 5.02 Å². The van der Waals surface area contributed by atoms with Gasteiger partial charge in [0.05, 0.1) is 6.42 Å². The Bertz CT molecular complexity index is 683. The van der Waals surface area contributed by atoms with Gasteiger partial charge in [-0.25, -0.2) is 4.98 Å². The molecule has 1 amide bonds. The second-order valence-corrected chi connectivity index (χ2v) is 5.42. The fraction of sp³-hybridized carbons (Fsp3) is 0.0833. The van der Waals surface area contributed by atoms with E-state index in [-0.39, 0.29) is 18.1 Å². The van der Waals surface area contributed by atoms with Gasteiger partial charge in [-0.05, 0) is 18.2 Å². The normalized spacial score (nSPS) is 13.9. The monoisotopic (exact) mass is 293 g/mol. The van der Waals surface area contributed by atoms with E-state index in [1.54, 1.807) is 12.1 Å². The molecule has 1 aliphatic heterocycles. The quantitative estimate of drug-likeness (QED) is 0.835. The maximum absolute atomic E-state index is 11.7. The molecule has 0 spiro atoms. The molecule has 0 saturated carbocycles. The van der Waals surface area contributed by atoms with Crippen LogP contribution in [0.15, 0.2) is 24.3 Å². The molecule has 1 aromatic heterocycles. The van der Waals surface area contributed by atoms with Crippen molar-refractivity contribution < 1.29 is 9.59 Å². The predicted octanol–water partition coefficient (Wildman–Crippen LogP) is 3.07. The Balaban J connectivity index is 1.89. The number of nitrogens with zero attached hydrogens (tertiary/aromatic N) is 1. The standard InChI is InChI=1S/C12H8ClN3O2S/c13-6-2-1-3-7(4-6)14-12-16-11-10(19-12)8(17)5-9(18)15-11/h1-4H,5H2,(H,14,16)(H,15,18). The Morgan fingerprint density at radius 1 is 1.37 bits per heavy atom. The van der Waals surface area contributed by atoms with Crippen molar-refractivity contribution in [1.82, 2.24) is 4.98 Å². The molecule has 0 fully saturated rings. The SMILES string of the molecule is O=C1CC(=O)c2sc(Nc3cccc(Cl)c3)nc2N1. The van der Waals surface area contributed by atoms with E-state index in [4.69, 9.17) is 11.6 Å². The third-order valence-electron chi connectivity index (χ3n) is 2.54. The molecular formula is C12H8ClN3O2S. The molecule has 0 bridgehead atoms. The van der Waals surface area contributed by atoms with Crippen molar-refractivity contribution in [2.75, 3.05) is 10.6 Å². The van der Waals surface area contributed by atoms with Gasteiger partial charge in [0.2, 0.25) is 5.91 Å². The average molecular weight is 294 g/mol. The number of rotatable bonds is 2. The van der Waals surface area contributed by atoms with Gasteiger partial charge < -0.3 is 10.6 Å². The van der Waals surface area contributed by atoms with Crippen LogP contribution in [0.4, 0.5) is 16.6 Å². The van der Waals surface area contributed by atoms with Gasteiger partial charge in [0.15, 0.2) is 16.7 Å². The molecule has 1 aliphatic rings. The van der Waals surface area contributed by atoms with Gasteiger partial charge in [0, 0.05) is 10.7 Å². The van der Waals surface area contributed by atoms with Crippen molar-refractivity contribution in [3.05, 3.63) is 34.2 Å². The number of carbonyl (C=O) groups is 2. The van der Waals surface area contributed by atoms with E-state index in [0.29, 0.717) is 20.8 Å². The fourth-order valence-electron chi connectivity index (χ4n) is 1.74. The van der Waals surface area contributed by atoms with Crippen LogP contribution in [0.3, 0.4) is 0 Å². The number of carbonyl (C=O) groups excluding carboxylic acids is 2. The van der Waals surface area contributed by atoms with Crippen LogP contribution in [0.25, 0.3) is 0 Å². The summed E-state index contributed by atoms with van der Waals surface area (Å²) < 4.78 is 0. The summed E-state index contributed by atoms with van der Waals surface area (Å²) >= 11 is 7.10. The van der Waals surface area contributed by atoms with Crippen LogP contribution in [0.5, 0.6) is 0 Å². The number of aromatic nitrogens is 1. The summed E-state index contributed by atoms with van der Waals surface area (Å²) in [6.07, 6.45) is -0.119. The zero-order valence-electron chi connectivity index (χ0n) is 9.57. The van der Waals surface area contributed by atoms with Crippen LogP contribution >= 0.6 is 22.9 Å². The second-order valence-electron chi connectivity index (χ2n) is 3.98. The molecule has 1 aromatic carbocycles. The lowest BCUT2D eigenvalue weighted by atomic mass is 10.2. The third-order valence-corrected chi connectivity index (χ3v) is 3.78. The molecule has 0 radical (unpaired) electrons. The maximum Gasteiger partial charge on any atom is 0.233 e. The van der Waals surface area contributed by atoms with E-state index in [1.165, 1.54) is 11.3 Å². The Labute approximate surface area is 117 Å². The number of Topliss-reactive ketones (excluding diaryl/α,β-unsaturated/α-hetero) is 1. The van der Waals surface area contributed by atoms with Crippen LogP contribution in [0.1, 0.15) is 16.1 Å². The topological polar surface area (TPSA) is 71.1 Å². The first-order valence-electron chi connectivity index (χ1n) is 5.48. The van der Waals surface area contributed by atoms with Gasteiger partial charge in [-0.2, -0.15) is 0 Å². The Hall–Kier alpha value is -1.92. The molecule has 3 rings (SSSR count). The summed E-state index contributed by atoms with van der Waals surface area (Å²) in [6.45, 7) is 0. The molecule has 96 valence electrons. The molecule has 2 N–H and O–H groups in total. The lowest BCUT2D eigenvalue weighted by Gasteiger charge is -2.08. The molecule has 2 aromatic rings. The molecule has 2 heterocycles. The highest BCUT2D eigenvalue weighted by Crippen LogP contribution is 2.33. The van der Waals surface area contributed by atoms with Gasteiger partial charge in [-0.3, -0.25) is 9.59 Å². The second kappa shape index (κ2) is 4.64. The van der Waals surface area contributed by atoms with Gasteiger partial charge in [0.25, 0.3) is 0 Å². The minimum atomic E-state index is -0.322. The number of nitrogens with one attached hydrogen (secondary N) is 2. The lowest BCUT2D eigenvalue weighted by molar-refractivity contribution is -0.115. The average Bonchev–Trinajstić information content (AvgIpc) is 2.71. The summed E-state index contributed by atoms with van der Waals surface area (Å²) in [5, 5.41) is 6.79. The number of fused-ring (bicyclic) bond motifs is 1. The summed E-state index contributed by atoms with van der Waals surface area (Å²) in [5.74, 6) is -0.191. The van der Waals surface area contributed by atoms with E-state index in [2.05, 4.69) is 15.6 Å². The van der Waals surface area contributed by atoms with Gasteiger partial charge >= 0.3 is 0 Å². The number of benzene rings is 1. The molecule has 5 nitrogen and oxygen atoms in total. The largest absolute Gasteiger partial charge is 0.331 e. The van der Waals surface area contributed by atoms with Gasteiger partial charge in [-0.1, -0.05) is 29.0 Å². The smallest absolute Gasteiger partial charge is 0.233 e. The molecule has 0 saturated heterocycles. The summed E-state index contributed by atoms with van der Waals surface area (Å²) in [6, 6.07) is 7.17. The van der Waals surface area contributed by atoms with Crippen molar-refractivity contribution >= 4 is 51.3 Å². The number of halogens is 1. The zero-order chi connectivity index (χ0) is 13.4. The van der Waals surface area contributed by atoms with Crippen LogP contribution in [-0.4, -0.2) is 16.7 Å². The van der Waals surface area contributed by atoms with Crippen molar-refractivity contribution in [3.63, 3.8) is 0 Å². The van der Waals surface area contributed by atoms with Crippen molar-refractivity contribution in [2.24, 2.45) is 0 Å². The van der Waals surface area contributed by atoms with Crippen LogP contribution < -0.4 is 10.6 Å². The number of amides is 1. The van der Waals surface area contributed by atoms with Crippen molar-refractivity contribution in [2.45, 2.75) is 6.42 Å². The lowest BCUT2D eigenvalue weighted by Crippen LogP contribution is -2.22. The van der Waals surface area contributed by atoms with E-state index >= 15 is 0 Å².